The molecule has 1 aromatic rings. The van der Waals surface area contributed by atoms with Crippen molar-refractivity contribution in [3.8, 4) is 0 Å². The molecule has 0 radical (unpaired) electrons. The molecule has 1 unspecified atom stereocenters. The normalized spacial score (nSPS) is 19.7. The quantitative estimate of drug-likeness (QED) is 0.852. The maximum atomic E-state index is 13.0. The largest absolute Gasteiger partial charge is 0.334 e. The van der Waals surface area contributed by atoms with E-state index in [0.29, 0.717) is 13.1 Å². The second kappa shape index (κ2) is 4.79. The van der Waals surface area contributed by atoms with Crippen LogP contribution in [-0.4, -0.2) is 29.9 Å². The first kappa shape index (κ1) is 12.0. The third kappa shape index (κ3) is 2.29. The molecule has 2 N–H and O–H groups in total. The number of halogens is 2. The van der Waals surface area contributed by atoms with Crippen LogP contribution in [0.3, 0.4) is 0 Å². The Morgan fingerprint density at radius 1 is 1.41 bits per heavy atom. The number of nitrogens with zero attached hydrogens (tertiary/aromatic N) is 1. The Kier molecular flexibility index (Phi) is 3.38. The number of amides is 1. The van der Waals surface area contributed by atoms with E-state index in [1.165, 1.54) is 6.07 Å². The molecule has 0 aromatic heterocycles. The minimum absolute atomic E-state index is 0.00983. The summed E-state index contributed by atoms with van der Waals surface area (Å²) in [6.45, 7) is 1.02. The van der Waals surface area contributed by atoms with Gasteiger partial charge in [-0.15, -0.1) is 0 Å². The highest BCUT2D eigenvalue weighted by atomic mass is 19.2. The molecule has 0 spiro atoms. The van der Waals surface area contributed by atoms with Crippen LogP contribution in [0.25, 0.3) is 0 Å². The second-order valence-electron chi connectivity index (χ2n) is 4.16. The number of rotatable bonds is 2. The molecule has 17 heavy (non-hydrogen) atoms. The minimum atomic E-state index is -1.00. The van der Waals surface area contributed by atoms with E-state index >= 15 is 0 Å². The zero-order valence-electron chi connectivity index (χ0n) is 9.33. The van der Waals surface area contributed by atoms with Crippen LogP contribution < -0.4 is 5.73 Å². The van der Waals surface area contributed by atoms with E-state index in [-0.39, 0.29) is 17.5 Å². The Morgan fingerprint density at radius 3 is 2.82 bits per heavy atom. The number of hydrogen-bond acceptors (Lipinski definition) is 2. The average molecular weight is 240 g/mol. The maximum Gasteiger partial charge on any atom is 0.254 e. The first-order valence-electron chi connectivity index (χ1n) is 5.59. The molecular weight excluding hydrogens is 226 g/mol. The van der Waals surface area contributed by atoms with Crippen LogP contribution in [0.15, 0.2) is 18.2 Å². The van der Waals surface area contributed by atoms with Gasteiger partial charge in [0.1, 0.15) is 0 Å². The van der Waals surface area contributed by atoms with Crippen molar-refractivity contribution < 1.29 is 13.6 Å². The molecule has 0 aliphatic carbocycles. The van der Waals surface area contributed by atoms with Gasteiger partial charge in [-0.2, -0.15) is 0 Å². The standard InChI is InChI=1S/C12H14F2N2O/c13-10-4-3-8(6-11(10)14)12(17)16-5-1-2-9(16)7-15/h3-4,6,9H,1-2,5,7,15H2. The van der Waals surface area contributed by atoms with Crippen LogP contribution in [0.1, 0.15) is 23.2 Å². The molecule has 1 aliphatic heterocycles. The number of hydrogen-bond donors (Lipinski definition) is 1. The molecule has 1 fully saturated rings. The lowest BCUT2D eigenvalue weighted by Crippen LogP contribution is -2.39. The Hall–Kier alpha value is -1.49. The highest BCUT2D eigenvalue weighted by Crippen LogP contribution is 2.20. The van der Waals surface area contributed by atoms with Gasteiger partial charge in [0, 0.05) is 24.7 Å². The number of carbonyl (C=O) groups excluding carboxylic acids is 1. The molecule has 1 heterocycles. The number of nitrogens with two attached hydrogens (primary N) is 1. The van der Waals surface area contributed by atoms with E-state index in [1.54, 1.807) is 4.90 Å². The molecular formula is C12H14F2N2O. The van der Waals surface area contributed by atoms with Crippen LogP contribution in [0.2, 0.25) is 0 Å². The summed E-state index contributed by atoms with van der Waals surface area (Å²) in [4.78, 5) is 13.7. The third-order valence-corrected chi connectivity index (χ3v) is 3.08. The average Bonchev–Trinajstić information content (AvgIpc) is 2.80. The zero-order valence-corrected chi connectivity index (χ0v) is 9.33. The summed E-state index contributed by atoms with van der Waals surface area (Å²) in [5.74, 6) is -2.23. The molecule has 1 aromatic carbocycles. The van der Waals surface area contributed by atoms with Gasteiger partial charge in [0.05, 0.1) is 0 Å². The summed E-state index contributed by atoms with van der Waals surface area (Å²) < 4.78 is 25.8. The van der Waals surface area contributed by atoms with Crippen LogP contribution in [-0.2, 0) is 0 Å². The van der Waals surface area contributed by atoms with Gasteiger partial charge in [-0.25, -0.2) is 8.78 Å². The summed E-state index contributed by atoms with van der Waals surface area (Å²) in [5.41, 5.74) is 5.74. The highest BCUT2D eigenvalue weighted by molar-refractivity contribution is 5.94. The summed E-state index contributed by atoms with van der Waals surface area (Å²) >= 11 is 0. The molecule has 1 saturated heterocycles. The van der Waals surface area contributed by atoms with Gasteiger partial charge in [-0.1, -0.05) is 0 Å². The van der Waals surface area contributed by atoms with E-state index in [0.717, 1.165) is 25.0 Å². The van der Waals surface area contributed by atoms with Crippen molar-refractivity contribution in [1.82, 2.24) is 4.90 Å². The first-order valence-corrected chi connectivity index (χ1v) is 5.59. The Labute approximate surface area is 98.2 Å². The topological polar surface area (TPSA) is 46.3 Å². The van der Waals surface area contributed by atoms with E-state index in [1.807, 2.05) is 0 Å². The summed E-state index contributed by atoms with van der Waals surface area (Å²) in [6, 6.07) is 3.21. The van der Waals surface area contributed by atoms with Crippen molar-refractivity contribution in [3.63, 3.8) is 0 Å². The minimum Gasteiger partial charge on any atom is -0.334 e. The predicted molar refractivity (Wildman–Crippen MR) is 59.5 cm³/mol. The first-order chi connectivity index (χ1) is 8.13. The molecule has 0 bridgehead atoms. The van der Waals surface area contributed by atoms with Crippen LogP contribution in [0.4, 0.5) is 8.78 Å². The van der Waals surface area contributed by atoms with Gasteiger partial charge in [0.15, 0.2) is 11.6 Å². The Morgan fingerprint density at radius 2 is 2.18 bits per heavy atom. The number of benzene rings is 1. The lowest BCUT2D eigenvalue weighted by molar-refractivity contribution is 0.0740. The molecule has 0 saturated carbocycles. The van der Waals surface area contributed by atoms with Crippen molar-refractivity contribution >= 4 is 5.91 Å². The predicted octanol–water partition coefficient (Wildman–Crippen LogP) is 1.53. The van der Waals surface area contributed by atoms with Gasteiger partial charge in [-0.05, 0) is 31.0 Å². The van der Waals surface area contributed by atoms with Crippen LogP contribution in [0.5, 0.6) is 0 Å². The number of carbonyl (C=O) groups is 1. The molecule has 92 valence electrons. The van der Waals surface area contributed by atoms with E-state index in [9.17, 15) is 13.6 Å². The van der Waals surface area contributed by atoms with Crippen molar-refractivity contribution in [2.45, 2.75) is 18.9 Å². The summed E-state index contributed by atoms with van der Waals surface area (Å²) in [7, 11) is 0. The maximum absolute atomic E-state index is 13.0. The van der Waals surface area contributed by atoms with Gasteiger partial charge in [-0.3, -0.25) is 4.79 Å². The molecule has 1 aliphatic rings. The smallest absolute Gasteiger partial charge is 0.254 e. The van der Waals surface area contributed by atoms with Gasteiger partial charge in [0.2, 0.25) is 0 Å². The van der Waals surface area contributed by atoms with Crippen molar-refractivity contribution in [2.75, 3.05) is 13.1 Å². The van der Waals surface area contributed by atoms with Crippen LogP contribution in [0, 0.1) is 11.6 Å². The van der Waals surface area contributed by atoms with E-state index < -0.39 is 11.6 Å². The Balaban J connectivity index is 2.21. The van der Waals surface area contributed by atoms with Crippen molar-refractivity contribution in [3.05, 3.63) is 35.4 Å². The molecule has 2 rings (SSSR count). The lowest BCUT2D eigenvalue weighted by Gasteiger charge is -2.23. The van der Waals surface area contributed by atoms with Crippen LogP contribution >= 0.6 is 0 Å². The summed E-state index contributed by atoms with van der Waals surface area (Å²) in [6.07, 6.45) is 1.77. The molecule has 3 nitrogen and oxygen atoms in total. The molecule has 1 amide bonds. The second-order valence-corrected chi connectivity index (χ2v) is 4.16. The van der Waals surface area contributed by atoms with Gasteiger partial charge < -0.3 is 10.6 Å². The zero-order chi connectivity index (χ0) is 12.4. The van der Waals surface area contributed by atoms with E-state index in [2.05, 4.69) is 0 Å². The fourth-order valence-corrected chi connectivity index (χ4v) is 2.14. The summed E-state index contributed by atoms with van der Waals surface area (Å²) in [5, 5.41) is 0. The van der Waals surface area contributed by atoms with Crippen molar-refractivity contribution in [1.29, 1.82) is 0 Å². The molecule has 1 atom stereocenters. The van der Waals surface area contributed by atoms with Crippen molar-refractivity contribution in [2.24, 2.45) is 5.73 Å². The van der Waals surface area contributed by atoms with Gasteiger partial charge >= 0.3 is 0 Å². The lowest BCUT2D eigenvalue weighted by atomic mass is 10.1. The van der Waals surface area contributed by atoms with Gasteiger partial charge in [0.25, 0.3) is 5.91 Å². The van der Waals surface area contributed by atoms with E-state index in [4.69, 9.17) is 5.73 Å². The third-order valence-electron chi connectivity index (χ3n) is 3.08. The molecule has 5 heteroatoms. The monoisotopic (exact) mass is 240 g/mol. The fourth-order valence-electron chi connectivity index (χ4n) is 2.14. The highest BCUT2D eigenvalue weighted by Gasteiger charge is 2.28. The number of likely N-dealkylation sites (tertiary alicyclic amines) is 1. The Bertz CT molecular complexity index is 437. The SMILES string of the molecule is NCC1CCCN1C(=O)c1ccc(F)c(F)c1. The fraction of sp³-hybridized carbons (Fsp3) is 0.417.